The average Bonchev–Trinajstić information content (AvgIpc) is 2.82. The number of nitrogens with one attached hydrogen (secondary N) is 1. The standard InChI is InChI=1S/C26H22ClIN2O5S/c1-4-34-24-14-18(12-19(15-29)26(31)30-23-10-5-16(2)11-17(23)3)13-22(28)25(24)35-36(32,33)21-8-6-20(27)7-9-21/h5-14H,4H2,1-3H3,(H,30,31)/b19-12+. The predicted molar refractivity (Wildman–Crippen MR) is 148 cm³/mol. The fourth-order valence-electron chi connectivity index (χ4n) is 3.23. The smallest absolute Gasteiger partial charge is 0.339 e. The lowest BCUT2D eigenvalue weighted by Gasteiger charge is -2.15. The van der Waals surface area contributed by atoms with Gasteiger partial charge in [0.15, 0.2) is 11.5 Å². The number of nitrogens with zero attached hydrogens (tertiary/aromatic N) is 1. The van der Waals surface area contributed by atoms with Crippen LogP contribution in [0, 0.1) is 28.7 Å². The average molecular weight is 637 g/mol. The summed E-state index contributed by atoms with van der Waals surface area (Å²) >= 11 is 7.77. The van der Waals surface area contributed by atoms with Crippen molar-refractivity contribution < 1.29 is 22.1 Å². The van der Waals surface area contributed by atoms with Gasteiger partial charge in [0.05, 0.1) is 10.2 Å². The number of benzene rings is 3. The maximum Gasteiger partial charge on any atom is 0.339 e. The molecule has 0 spiro atoms. The second kappa shape index (κ2) is 11.8. The minimum absolute atomic E-state index is 0.00258. The van der Waals surface area contributed by atoms with Gasteiger partial charge in [-0.1, -0.05) is 29.3 Å². The molecule has 10 heteroatoms. The van der Waals surface area contributed by atoms with Crippen molar-refractivity contribution >= 4 is 62.0 Å². The minimum Gasteiger partial charge on any atom is -0.490 e. The second-order valence-corrected chi connectivity index (χ2v) is 10.8. The number of rotatable bonds is 8. The third-order valence-corrected chi connectivity index (χ3v) is 7.22. The first-order valence-electron chi connectivity index (χ1n) is 10.7. The molecular weight excluding hydrogens is 615 g/mol. The Hall–Kier alpha value is -3.07. The molecule has 0 atom stereocenters. The van der Waals surface area contributed by atoms with Crippen molar-refractivity contribution in [2.75, 3.05) is 11.9 Å². The Morgan fingerprint density at radius 3 is 2.44 bits per heavy atom. The van der Waals surface area contributed by atoms with Crippen LogP contribution in [0.3, 0.4) is 0 Å². The fourth-order valence-corrected chi connectivity index (χ4v) is 5.20. The molecular formula is C26H22ClIN2O5S. The number of hydrogen-bond acceptors (Lipinski definition) is 6. The van der Waals surface area contributed by atoms with Crippen molar-refractivity contribution in [1.82, 2.24) is 0 Å². The molecule has 0 aliphatic heterocycles. The molecule has 1 amide bonds. The number of amides is 1. The van der Waals surface area contributed by atoms with Gasteiger partial charge in [-0.05, 0) is 103 Å². The van der Waals surface area contributed by atoms with Crippen LogP contribution in [-0.4, -0.2) is 20.9 Å². The summed E-state index contributed by atoms with van der Waals surface area (Å²) in [6, 6.07) is 16.2. The van der Waals surface area contributed by atoms with Crippen LogP contribution < -0.4 is 14.2 Å². The van der Waals surface area contributed by atoms with Gasteiger partial charge >= 0.3 is 10.1 Å². The molecule has 0 unspecified atom stereocenters. The molecule has 0 fully saturated rings. The van der Waals surface area contributed by atoms with E-state index < -0.39 is 16.0 Å². The lowest BCUT2D eigenvalue weighted by Crippen LogP contribution is -2.14. The summed E-state index contributed by atoms with van der Waals surface area (Å²) in [7, 11) is -4.16. The SMILES string of the molecule is CCOc1cc(/C=C(\C#N)C(=O)Nc2ccc(C)cc2C)cc(I)c1OS(=O)(=O)c1ccc(Cl)cc1. The lowest BCUT2D eigenvalue weighted by atomic mass is 10.1. The molecule has 3 aromatic rings. The normalized spacial score (nSPS) is 11.5. The Morgan fingerprint density at radius 2 is 1.83 bits per heavy atom. The predicted octanol–water partition coefficient (Wildman–Crippen LogP) is 6.27. The first-order valence-corrected chi connectivity index (χ1v) is 13.6. The maximum atomic E-state index is 12.8. The number of hydrogen-bond donors (Lipinski definition) is 1. The second-order valence-electron chi connectivity index (χ2n) is 7.70. The Balaban J connectivity index is 1.94. The van der Waals surface area contributed by atoms with Crippen molar-refractivity contribution in [1.29, 1.82) is 5.26 Å². The van der Waals surface area contributed by atoms with Crippen LogP contribution in [0.2, 0.25) is 5.02 Å². The summed E-state index contributed by atoms with van der Waals surface area (Å²) in [5.74, 6) is -0.411. The van der Waals surface area contributed by atoms with Crippen molar-refractivity contribution in [3.8, 4) is 17.6 Å². The summed E-state index contributed by atoms with van der Waals surface area (Å²) in [6.45, 7) is 5.79. The molecule has 1 N–H and O–H groups in total. The van der Waals surface area contributed by atoms with Crippen LogP contribution in [0.4, 0.5) is 5.69 Å². The van der Waals surface area contributed by atoms with Crippen LogP contribution in [0.1, 0.15) is 23.6 Å². The molecule has 0 saturated carbocycles. The molecule has 0 saturated heterocycles. The number of aryl methyl sites for hydroxylation is 2. The Kier molecular flexibility index (Phi) is 9.00. The highest BCUT2D eigenvalue weighted by Gasteiger charge is 2.22. The number of nitriles is 1. The summed E-state index contributed by atoms with van der Waals surface area (Å²) < 4.78 is 37.1. The van der Waals surface area contributed by atoms with E-state index in [0.29, 0.717) is 19.8 Å². The van der Waals surface area contributed by atoms with Crippen LogP contribution in [-0.2, 0) is 14.9 Å². The maximum absolute atomic E-state index is 12.8. The first-order chi connectivity index (χ1) is 17.0. The molecule has 3 aromatic carbocycles. The molecule has 36 heavy (non-hydrogen) atoms. The van der Waals surface area contributed by atoms with Gasteiger partial charge in [0, 0.05) is 10.7 Å². The van der Waals surface area contributed by atoms with Gasteiger partial charge in [-0.3, -0.25) is 4.79 Å². The molecule has 186 valence electrons. The van der Waals surface area contributed by atoms with Gasteiger partial charge in [-0.2, -0.15) is 13.7 Å². The van der Waals surface area contributed by atoms with E-state index >= 15 is 0 Å². The Morgan fingerprint density at radius 1 is 1.14 bits per heavy atom. The summed E-state index contributed by atoms with van der Waals surface area (Å²) in [5.41, 5.74) is 2.87. The monoisotopic (exact) mass is 636 g/mol. The number of anilines is 1. The van der Waals surface area contributed by atoms with E-state index in [4.69, 9.17) is 20.5 Å². The van der Waals surface area contributed by atoms with Crippen LogP contribution >= 0.6 is 34.2 Å². The highest BCUT2D eigenvalue weighted by atomic mass is 127. The van der Waals surface area contributed by atoms with E-state index in [2.05, 4.69) is 5.32 Å². The third-order valence-electron chi connectivity index (χ3n) is 4.93. The van der Waals surface area contributed by atoms with Crippen LogP contribution in [0.15, 0.2) is 65.1 Å². The quantitative estimate of drug-likeness (QED) is 0.135. The lowest BCUT2D eigenvalue weighted by molar-refractivity contribution is -0.112. The van der Waals surface area contributed by atoms with Crippen molar-refractivity contribution in [2.24, 2.45) is 0 Å². The molecule has 3 rings (SSSR count). The summed E-state index contributed by atoms with van der Waals surface area (Å²) in [5, 5.41) is 12.8. The zero-order chi connectivity index (χ0) is 26.5. The van der Waals surface area contributed by atoms with Gasteiger partial charge in [0.25, 0.3) is 5.91 Å². The van der Waals surface area contributed by atoms with Crippen molar-refractivity contribution in [3.63, 3.8) is 0 Å². The molecule has 0 aliphatic rings. The van der Waals surface area contributed by atoms with Crippen molar-refractivity contribution in [3.05, 3.63) is 85.5 Å². The molecule has 7 nitrogen and oxygen atoms in total. The fraction of sp³-hybridized carbons (Fsp3) is 0.154. The van der Waals surface area contributed by atoms with Crippen LogP contribution in [0.5, 0.6) is 11.5 Å². The van der Waals surface area contributed by atoms with Crippen molar-refractivity contribution in [2.45, 2.75) is 25.7 Å². The van der Waals surface area contributed by atoms with E-state index in [-0.39, 0.29) is 28.6 Å². The highest BCUT2D eigenvalue weighted by Crippen LogP contribution is 2.37. The topological polar surface area (TPSA) is 105 Å². The van der Waals surface area contributed by atoms with E-state index in [1.165, 1.54) is 36.4 Å². The van der Waals surface area contributed by atoms with E-state index in [1.54, 1.807) is 19.1 Å². The molecule has 0 aliphatic carbocycles. The van der Waals surface area contributed by atoms with Gasteiger partial charge in [-0.15, -0.1) is 0 Å². The molecule has 0 radical (unpaired) electrons. The number of ether oxygens (including phenoxy) is 1. The summed E-state index contributed by atoms with van der Waals surface area (Å²) in [6.07, 6.45) is 1.40. The molecule has 0 aromatic heterocycles. The van der Waals surface area contributed by atoms with Gasteiger partial charge in [-0.25, -0.2) is 0 Å². The zero-order valence-corrected chi connectivity index (χ0v) is 23.4. The minimum atomic E-state index is -4.16. The highest BCUT2D eigenvalue weighted by molar-refractivity contribution is 14.1. The van der Waals surface area contributed by atoms with Gasteiger partial charge in [0.2, 0.25) is 0 Å². The molecule has 0 bridgehead atoms. The largest absolute Gasteiger partial charge is 0.490 e. The number of halogens is 2. The Labute approximate surface area is 229 Å². The molecule has 0 heterocycles. The van der Waals surface area contributed by atoms with Crippen LogP contribution in [0.25, 0.3) is 6.08 Å². The number of carbonyl (C=O) groups excluding carboxylic acids is 1. The summed E-state index contributed by atoms with van der Waals surface area (Å²) in [4.78, 5) is 12.7. The van der Waals surface area contributed by atoms with E-state index in [1.807, 2.05) is 54.6 Å². The van der Waals surface area contributed by atoms with Gasteiger partial charge < -0.3 is 14.2 Å². The third kappa shape index (κ3) is 6.78. The van der Waals surface area contributed by atoms with E-state index in [9.17, 15) is 18.5 Å². The first kappa shape index (κ1) is 27.5. The Bertz CT molecular complexity index is 1480. The van der Waals surface area contributed by atoms with E-state index in [0.717, 1.165) is 11.1 Å². The zero-order valence-electron chi connectivity index (χ0n) is 19.6. The number of carbonyl (C=O) groups is 1. The van der Waals surface area contributed by atoms with Gasteiger partial charge in [0.1, 0.15) is 16.5 Å².